The molecule has 0 aromatic heterocycles. The Morgan fingerprint density at radius 1 is 1.21 bits per heavy atom. The highest BCUT2D eigenvalue weighted by Crippen LogP contribution is 2.28. The van der Waals surface area contributed by atoms with Gasteiger partial charge in [0, 0.05) is 13.1 Å². The molecule has 0 heterocycles. The van der Waals surface area contributed by atoms with Gasteiger partial charge in [0.2, 0.25) is 0 Å². The van der Waals surface area contributed by atoms with E-state index in [1.165, 1.54) is 0 Å². The molecule has 0 bridgehead atoms. The molecule has 0 aliphatic rings. The highest BCUT2D eigenvalue weighted by atomic mass is 16.4. The highest BCUT2D eigenvalue weighted by molar-refractivity contribution is 5.66. The summed E-state index contributed by atoms with van der Waals surface area (Å²) in [5.74, 6) is -0.729. The molecule has 0 saturated heterocycles. The Bertz CT molecular complexity index is 156. The zero-order valence-corrected chi connectivity index (χ0v) is 9.60. The van der Waals surface area contributed by atoms with Crippen LogP contribution in [-0.2, 0) is 4.79 Å². The number of rotatable bonds is 8. The highest BCUT2D eigenvalue weighted by Gasteiger charge is 2.22. The topological polar surface area (TPSA) is 49.3 Å². The van der Waals surface area contributed by atoms with Gasteiger partial charge in [0.1, 0.15) is 0 Å². The molecule has 0 radical (unpaired) electrons. The van der Waals surface area contributed by atoms with Crippen LogP contribution in [-0.4, -0.2) is 24.2 Å². The number of carboxylic acid groups (broad SMARTS) is 1. The summed E-state index contributed by atoms with van der Waals surface area (Å²) in [5.41, 5.74) is 0.360. The second kappa shape index (κ2) is 6.82. The molecule has 0 aliphatic heterocycles. The number of nitrogens with one attached hydrogen (secondary N) is 1. The monoisotopic (exact) mass is 201 g/mol. The Kier molecular flexibility index (Phi) is 6.54. The first kappa shape index (κ1) is 13.4. The van der Waals surface area contributed by atoms with Crippen LogP contribution < -0.4 is 5.32 Å². The van der Waals surface area contributed by atoms with Crippen LogP contribution in [0.5, 0.6) is 0 Å². The maximum atomic E-state index is 10.3. The molecule has 0 aliphatic carbocycles. The smallest absolute Gasteiger partial charge is 0.304 e. The van der Waals surface area contributed by atoms with Crippen LogP contribution in [0, 0.1) is 5.41 Å². The molecule has 3 nitrogen and oxygen atoms in total. The lowest BCUT2D eigenvalue weighted by Gasteiger charge is -2.30. The molecule has 0 spiro atoms. The van der Waals surface area contributed by atoms with E-state index >= 15 is 0 Å². The van der Waals surface area contributed by atoms with E-state index in [1.807, 2.05) is 0 Å². The molecule has 0 fully saturated rings. The molecule has 0 unspecified atom stereocenters. The largest absolute Gasteiger partial charge is 0.481 e. The fourth-order valence-electron chi connectivity index (χ4n) is 1.67. The molecule has 2 N–H and O–H groups in total. The second-order valence-electron chi connectivity index (χ2n) is 3.88. The van der Waals surface area contributed by atoms with Crippen LogP contribution in [0.15, 0.2) is 0 Å². The minimum Gasteiger partial charge on any atom is -0.481 e. The van der Waals surface area contributed by atoms with Crippen molar-refractivity contribution < 1.29 is 9.90 Å². The van der Waals surface area contributed by atoms with Gasteiger partial charge in [-0.05, 0) is 24.7 Å². The van der Waals surface area contributed by atoms with E-state index in [4.69, 9.17) is 5.11 Å². The molecule has 0 amide bonds. The van der Waals surface area contributed by atoms with Crippen molar-refractivity contribution in [2.24, 2.45) is 5.41 Å². The lowest BCUT2D eigenvalue weighted by Crippen LogP contribution is -2.34. The Labute approximate surface area is 86.9 Å². The Hall–Kier alpha value is -0.570. The van der Waals surface area contributed by atoms with Gasteiger partial charge in [0.05, 0.1) is 6.42 Å². The fraction of sp³-hybridized carbons (Fsp3) is 0.909. The van der Waals surface area contributed by atoms with E-state index in [-0.39, 0.29) is 6.42 Å². The van der Waals surface area contributed by atoms with Crippen molar-refractivity contribution in [1.82, 2.24) is 5.32 Å². The van der Waals surface area contributed by atoms with Crippen LogP contribution in [0.3, 0.4) is 0 Å². The van der Waals surface area contributed by atoms with Crippen molar-refractivity contribution in [1.29, 1.82) is 0 Å². The third-order valence-electron chi connectivity index (χ3n) is 3.27. The molecule has 0 aromatic rings. The average Bonchev–Trinajstić information content (AvgIpc) is 2.19. The van der Waals surface area contributed by atoms with E-state index < -0.39 is 5.97 Å². The summed E-state index contributed by atoms with van der Waals surface area (Å²) in [6.45, 7) is 8.12. The third-order valence-corrected chi connectivity index (χ3v) is 3.27. The Morgan fingerprint density at radius 3 is 2.07 bits per heavy atom. The third kappa shape index (κ3) is 4.61. The summed E-state index contributed by atoms with van der Waals surface area (Å²) in [4.78, 5) is 10.3. The van der Waals surface area contributed by atoms with E-state index in [2.05, 4.69) is 26.1 Å². The van der Waals surface area contributed by atoms with Gasteiger partial charge in [-0.2, -0.15) is 0 Å². The van der Waals surface area contributed by atoms with Gasteiger partial charge in [-0.15, -0.1) is 0 Å². The normalized spacial score (nSPS) is 11.6. The molecule has 0 atom stereocenters. The summed E-state index contributed by atoms with van der Waals surface area (Å²) < 4.78 is 0. The molecule has 3 heteroatoms. The number of aliphatic carboxylic acids is 1. The predicted molar refractivity (Wildman–Crippen MR) is 58.4 cm³/mol. The number of carbonyl (C=O) groups is 1. The molecular weight excluding hydrogens is 178 g/mol. The lowest BCUT2D eigenvalue weighted by molar-refractivity contribution is -0.136. The molecule has 14 heavy (non-hydrogen) atoms. The van der Waals surface area contributed by atoms with Crippen molar-refractivity contribution in [2.45, 2.75) is 46.5 Å². The van der Waals surface area contributed by atoms with Crippen LogP contribution in [0.25, 0.3) is 0 Å². The molecule has 0 saturated carbocycles. The van der Waals surface area contributed by atoms with E-state index in [1.54, 1.807) is 0 Å². The molecular formula is C11H23NO2. The van der Waals surface area contributed by atoms with Crippen LogP contribution in [0.2, 0.25) is 0 Å². The minimum atomic E-state index is -0.729. The maximum absolute atomic E-state index is 10.3. The summed E-state index contributed by atoms with van der Waals surface area (Å²) in [6.07, 6.45) is 3.67. The Balaban J connectivity index is 3.77. The fourth-order valence-corrected chi connectivity index (χ4v) is 1.67. The molecule has 84 valence electrons. The summed E-state index contributed by atoms with van der Waals surface area (Å²) >= 11 is 0. The van der Waals surface area contributed by atoms with E-state index in [0.717, 1.165) is 25.8 Å². The van der Waals surface area contributed by atoms with Gasteiger partial charge < -0.3 is 10.4 Å². The zero-order valence-electron chi connectivity index (χ0n) is 9.60. The lowest BCUT2D eigenvalue weighted by atomic mass is 9.80. The number of hydrogen-bond acceptors (Lipinski definition) is 2. The van der Waals surface area contributed by atoms with Crippen molar-refractivity contribution >= 4 is 5.97 Å². The maximum Gasteiger partial charge on any atom is 0.304 e. The average molecular weight is 201 g/mol. The first-order chi connectivity index (χ1) is 6.60. The first-order valence-electron chi connectivity index (χ1n) is 5.52. The van der Waals surface area contributed by atoms with Gasteiger partial charge in [0.25, 0.3) is 0 Å². The van der Waals surface area contributed by atoms with Gasteiger partial charge in [-0.25, -0.2) is 0 Å². The van der Waals surface area contributed by atoms with Crippen LogP contribution in [0.4, 0.5) is 0 Å². The van der Waals surface area contributed by atoms with Crippen LogP contribution in [0.1, 0.15) is 46.5 Å². The number of hydrogen-bond donors (Lipinski definition) is 2. The SMILES string of the molecule is CCC(CC)(CC)CNCCC(=O)O. The second-order valence-corrected chi connectivity index (χ2v) is 3.88. The zero-order chi connectivity index (χ0) is 11.0. The van der Waals surface area contributed by atoms with Crippen molar-refractivity contribution in [3.8, 4) is 0 Å². The van der Waals surface area contributed by atoms with E-state index in [0.29, 0.717) is 12.0 Å². The van der Waals surface area contributed by atoms with Gasteiger partial charge >= 0.3 is 5.97 Å². The quantitative estimate of drug-likeness (QED) is 0.592. The summed E-state index contributed by atoms with van der Waals surface area (Å²) in [6, 6.07) is 0. The summed E-state index contributed by atoms with van der Waals surface area (Å²) in [5, 5.41) is 11.7. The van der Waals surface area contributed by atoms with E-state index in [9.17, 15) is 4.79 Å². The van der Waals surface area contributed by atoms with Crippen molar-refractivity contribution in [2.75, 3.05) is 13.1 Å². The van der Waals surface area contributed by atoms with Crippen molar-refractivity contribution in [3.63, 3.8) is 0 Å². The first-order valence-corrected chi connectivity index (χ1v) is 5.52. The molecule has 0 aromatic carbocycles. The van der Waals surface area contributed by atoms with Gasteiger partial charge in [-0.1, -0.05) is 20.8 Å². The standard InChI is InChI=1S/C11H23NO2/c1-4-11(5-2,6-3)9-12-8-7-10(13)14/h12H,4-9H2,1-3H3,(H,13,14). The molecule has 0 rings (SSSR count). The number of carboxylic acids is 1. The van der Waals surface area contributed by atoms with Crippen molar-refractivity contribution in [3.05, 3.63) is 0 Å². The van der Waals surface area contributed by atoms with Gasteiger partial charge in [0.15, 0.2) is 0 Å². The summed E-state index contributed by atoms with van der Waals surface area (Å²) in [7, 11) is 0. The predicted octanol–water partition coefficient (Wildman–Crippen LogP) is 2.27. The van der Waals surface area contributed by atoms with Crippen LogP contribution >= 0.6 is 0 Å². The Morgan fingerprint density at radius 2 is 1.71 bits per heavy atom. The minimum absolute atomic E-state index is 0.215. The van der Waals surface area contributed by atoms with Gasteiger partial charge in [-0.3, -0.25) is 4.79 Å².